The Morgan fingerprint density at radius 3 is 2.46 bits per heavy atom. The fraction of sp³-hybridized carbons (Fsp3) is 0.778. The van der Waals surface area contributed by atoms with Crippen molar-refractivity contribution in [3.8, 4) is 0 Å². The molecule has 2 bridgehead atoms. The highest BCUT2D eigenvalue weighted by molar-refractivity contribution is 7.86. The van der Waals surface area contributed by atoms with Crippen LogP contribution in [0.1, 0.15) is 60.8 Å². The summed E-state index contributed by atoms with van der Waals surface area (Å²) in [4.78, 5) is 13.6. The first-order chi connectivity index (χ1) is 13.4. The van der Waals surface area contributed by atoms with Crippen molar-refractivity contribution >= 4 is 27.6 Å². The maximum Gasteiger partial charge on any atom is 0.282 e. The van der Waals surface area contributed by atoms with Crippen LogP contribution in [0.5, 0.6) is 0 Å². The SMILES string of the molecule is CCc1cc(C(=O)NC2CC3CCC(C2)N3S(=O)(=O)N2CCC(N)CC2)ns1. The van der Waals surface area contributed by atoms with Gasteiger partial charge < -0.3 is 11.1 Å². The van der Waals surface area contributed by atoms with E-state index >= 15 is 0 Å². The zero-order valence-corrected chi connectivity index (χ0v) is 17.8. The topological polar surface area (TPSA) is 109 Å². The number of amides is 1. The Morgan fingerprint density at radius 2 is 1.89 bits per heavy atom. The lowest BCUT2D eigenvalue weighted by molar-refractivity contribution is 0.0903. The van der Waals surface area contributed by atoms with Crippen molar-refractivity contribution < 1.29 is 13.2 Å². The molecule has 3 saturated heterocycles. The second kappa shape index (κ2) is 7.98. The molecule has 4 heterocycles. The van der Waals surface area contributed by atoms with Gasteiger partial charge in [0.2, 0.25) is 0 Å². The lowest BCUT2D eigenvalue weighted by Gasteiger charge is -2.41. The molecule has 0 spiro atoms. The second-order valence-corrected chi connectivity index (χ2v) is 10.9. The minimum atomic E-state index is -3.46. The van der Waals surface area contributed by atoms with E-state index in [1.54, 1.807) is 8.61 Å². The number of hydrogen-bond acceptors (Lipinski definition) is 6. The molecule has 1 aromatic rings. The van der Waals surface area contributed by atoms with Crippen LogP contribution in [0.4, 0.5) is 0 Å². The van der Waals surface area contributed by atoms with Crippen LogP contribution in [-0.4, -0.2) is 64.6 Å². The fourth-order valence-electron chi connectivity index (χ4n) is 4.71. The molecule has 28 heavy (non-hydrogen) atoms. The molecule has 1 aromatic heterocycles. The molecule has 10 heteroatoms. The average Bonchev–Trinajstić information content (AvgIpc) is 3.25. The largest absolute Gasteiger partial charge is 0.348 e. The van der Waals surface area contributed by atoms with Crippen LogP contribution in [-0.2, 0) is 16.6 Å². The van der Waals surface area contributed by atoms with E-state index in [9.17, 15) is 13.2 Å². The molecule has 156 valence electrons. The summed E-state index contributed by atoms with van der Waals surface area (Å²) in [5.41, 5.74) is 6.40. The van der Waals surface area contributed by atoms with Crippen LogP contribution in [0.15, 0.2) is 6.07 Å². The van der Waals surface area contributed by atoms with Crippen molar-refractivity contribution in [1.82, 2.24) is 18.3 Å². The number of hydrogen-bond donors (Lipinski definition) is 2. The van der Waals surface area contributed by atoms with E-state index in [-0.39, 0.29) is 30.1 Å². The summed E-state index contributed by atoms with van der Waals surface area (Å²) >= 11 is 1.36. The first-order valence-electron chi connectivity index (χ1n) is 10.2. The number of piperidine rings is 2. The van der Waals surface area contributed by atoms with Crippen molar-refractivity contribution in [2.75, 3.05) is 13.1 Å². The number of carbonyl (C=O) groups excluding carboxylic acids is 1. The fourth-order valence-corrected chi connectivity index (χ4v) is 7.43. The lowest BCUT2D eigenvalue weighted by Crippen LogP contribution is -2.57. The molecule has 3 fully saturated rings. The van der Waals surface area contributed by atoms with E-state index in [2.05, 4.69) is 9.69 Å². The molecular weight excluding hydrogens is 398 g/mol. The van der Waals surface area contributed by atoms with Gasteiger partial charge in [-0.3, -0.25) is 4.79 Å². The number of aryl methyl sites for hydroxylation is 1. The Morgan fingerprint density at radius 1 is 1.25 bits per heavy atom. The minimum absolute atomic E-state index is 0.00185. The number of rotatable bonds is 5. The van der Waals surface area contributed by atoms with Crippen LogP contribution >= 0.6 is 11.5 Å². The first kappa shape index (κ1) is 20.2. The average molecular weight is 428 g/mol. The van der Waals surface area contributed by atoms with Gasteiger partial charge in [0.05, 0.1) is 0 Å². The van der Waals surface area contributed by atoms with Crippen LogP contribution in [0, 0.1) is 0 Å². The van der Waals surface area contributed by atoms with E-state index < -0.39 is 10.2 Å². The first-order valence-corrected chi connectivity index (χ1v) is 12.4. The van der Waals surface area contributed by atoms with Gasteiger partial charge in [-0.15, -0.1) is 0 Å². The summed E-state index contributed by atoms with van der Waals surface area (Å²) in [6.45, 7) is 3.05. The van der Waals surface area contributed by atoms with Gasteiger partial charge >= 0.3 is 0 Å². The van der Waals surface area contributed by atoms with Crippen LogP contribution < -0.4 is 11.1 Å². The Hall–Kier alpha value is -1.07. The second-order valence-electron chi connectivity index (χ2n) is 8.13. The van der Waals surface area contributed by atoms with Crippen molar-refractivity contribution in [3.05, 3.63) is 16.6 Å². The predicted molar refractivity (Wildman–Crippen MR) is 108 cm³/mol. The number of aromatic nitrogens is 1. The van der Waals surface area contributed by atoms with Crippen LogP contribution in [0.25, 0.3) is 0 Å². The van der Waals surface area contributed by atoms with Crippen molar-refractivity contribution in [1.29, 1.82) is 0 Å². The summed E-state index contributed by atoms with van der Waals surface area (Å²) in [6.07, 6.45) is 5.36. The highest BCUT2D eigenvalue weighted by Crippen LogP contribution is 2.39. The van der Waals surface area contributed by atoms with E-state index in [1.807, 2.05) is 13.0 Å². The quantitative estimate of drug-likeness (QED) is 0.731. The molecule has 0 saturated carbocycles. The van der Waals surface area contributed by atoms with Gasteiger partial charge in [0.15, 0.2) is 0 Å². The van der Waals surface area contributed by atoms with E-state index in [0.29, 0.717) is 44.5 Å². The summed E-state index contributed by atoms with van der Waals surface area (Å²) in [5.74, 6) is -0.151. The number of nitrogens with one attached hydrogen (secondary N) is 1. The Labute approximate surface area is 170 Å². The van der Waals surface area contributed by atoms with Gasteiger partial charge in [0, 0.05) is 42.1 Å². The Kier molecular flexibility index (Phi) is 5.76. The molecule has 3 aliphatic heterocycles. The van der Waals surface area contributed by atoms with E-state index in [0.717, 1.165) is 24.1 Å². The van der Waals surface area contributed by atoms with Crippen LogP contribution in [0.3, 0.4) is 0 Å². The normalized spacial score (nSPS) is 29.9. The number of nitrogens with two attached hydrogens (primary N) is 1. The van der Waals surface area contributed by atoms with Gasteiger partial charge in [-0.2, -0.15) is 21.4 Å². The molecule has 4 rings (SSSR count). The Balaban J connectivity index is 1.41. The van der Waals surface area contributed by atoms with Gasteiger partial charge in [-0.1, -0.05) is 6.92 Å². The molecule has 0 aromatic carbocycles. The maximum absolute atomic E-state index is 13.2. The number of carbonyl (C=O) groups is 1. The standard InChI is InChI=1S/C18H29N5O3S2/c1-2-16-11-17(21-27-16)18(24)20-13-9-14-3-4-15(10-13)23(14)28(25,26)22-7-5-12(19)6-8-22/h11-15H,2-10,19H2,1H3,(H,20,24). The van der Waals surface area contributed by atoms with Crippen molar-refractivity contribution in [2.24, 2.45) is 5.73 Å². The summed E-state index contributed by atoms with van der Waals surface area (Å²) in [6, 6.07) is 1.87. The summed E-state index contributed by atoms with van der Waals surface area (Å²) in [7, 11) is -3.46. The third kappa shape index (κ3) is 3.85. The maximum atomic E-state index is 13.2. The van der Waals surface area contributed by atoms with E-state index in [4.69, 9.17) is 5.73 Å². The Bertz CT molecular complexity index is 805. The summed E-state index contributed by atoms with van der Waals surface area (Å²) in [5, 5.41) is 3.08. The third-order valence-corrected chi connectivity index (χ3v) is 9.31. The third-order valence-electron chi connectivity index (χ3n) is 6.23. The molecule has 3 aliphatic rings. The zero-order chi connectivity index (χ0) is 19.9. The predicted octanol–water partition coefficient (Wildman–Crippen LogP) is 1.10. The zero-order valence-electron chi connectivity index (χ0n) is 16.2. The highest BCUT2D eigenvalue weighted by Gasteiger charge is 2.49. The van der Waals surface area contributed by atoms with Crippen LogP contribution in [0.2, 0.25) is 0 Å². The van der Waals surface area contributed by atoms with Crippen molar-refractivity contribution in [3.63, 3.8) is 0 Å². The lowest BCUT2D eigenvalue weighted by atomic mass is 9.99. The summed E-state index contributed by atoms with van der Waals surface area (Å²) < 4.78 is 34.0. The van der Waals surface area contributed by atoms with E-state index in [1.165, 1.54) is 11.5 Å². The smallest absolute Gasteiger partial charge is 0.282 e. The molecule has 0 aliphatic carbocycles. The highest BCUT2D eigenvalue weighted by atomic mass is 32.2. The van der Waals surface area contributed by atoms with Gasteiger partial charge in [-0.05, 0) is 62.5 Å². The molecule has 8 nitrogen and oxygen atoms in total. The monoisotopic (exact) mass is 427 g/mol. The molecule has 2 atom stereocenters. The van der Waals surface area contributed by atoms with Crippen molar-refractivity contribution in [2.45, 2.75) is 76.0 Å². The van der Waals surface area contributed by atoms with Gasteiger partial charge in [-0.25, -0.2) is 0 Å². The molecule has 2 unspecified atom stereocenters. The molecular formula is C18H29N5O3S2. The number of nitrogens with zero attached hydrogens (tertiary/aromatic N) is 3. The minimum Gasteiger partial charge on any atom is -0.348 e. The van der Waals surface area contributed by atoms with Gasteiger partial charge in [0.25, 0.3) is 16.1 Å². The number of fused-ring (bicyclic) bond motifs is 2. The molecule has 3 N–H and O–H groups in total. The van der Waals surface area contributed by atoms with Gasteiger partial charge in [0.1, 0.15) is 5.69 Å². The molecule has 1 amide bonds. The molecule has 0 radical (unpaired) electrons.